The third kappa shape index (κ3) is 4.20. The molecule has 2 rings (SSSR count). The molecule has 0 bridgehead atoms. The Bertz CT molecular complexity index is 379. The van der Waals surface area contributed by atoms with Gasteiger partial charge < -0.3 is 10.4 Å². The molecule has 2 N–H and O–H groups in total. The Morgan fingerprint density at radius 1 is 1.26 bits per heavy atom. The average molecular weight is 282 g/mol. The molecule has 3 heteroatoms. The molecule has 0 saturated heterocycles. The summed E-state index contributed by atoms with van der Waals surface area (Å²) in [5, 5.41) is 14.4. The lowest BCUT2D eigenvalue weighted by Gasteiger charge is -2.29. The van der Waals surface area contributed by atoms with Gasteiger partial charge in [0, 0.05) is 17.6 Å². The van der Waals surface area contributed by atoms with Crippen LogP contribution in [-0.4, -0.2) is 17.8 Å². The molecule has 1 aliphatic carbocycles. The van der Waals surface area contributed by atoms with Gasteiger partial charge in [-0.2, -0.15) is 0 Å². The van der Waals surface area contributed by atoms with Gasteiger partial charge in [0.05, 0.1) is 6.10 Å². The molecule has 1 aromatic rings. The van der Waals surface area contributed by atoms with Crippen LogP contribution in [0, 0.1) is 5.92 Å². The van der Waals surface area contributed by atoms with E-state index in [2.05, 4.69) is 24.4 Å². The highest BCUT2D eigenvalue weighted by Crippen LogP contribution is 2.25. The largest absolute Gasteiger partial charge is 0.393 e. The Balaban J connectivity index is 1.90. The predicted octanol–water partition coefficient (Wildman–Crippen LogP) is 3.93. The third-order valence-corrected chi connectivity index (χ3v) is 4.43. The van der Waals surface area contributed by atoms with Gasteiger partial charge in [-0.1, -0.05) is 43.5 Å². The number of aliphatic hydroxyl groups excluding tert-OH is 1. The maximum Gasteiger partial charge on any atom is 0.0580 e. The van der Waals surface area contributed by atoms with E-state index in [1.165, 1.54) is 18.4 Å². The van der Waals surface area contributed by atoms with Gasteiger partial charge in [-0.05, 0) is 42.9 Å². The van der Waals surface area contributed by atoms with Gasteiger partial charge in [0.25, 0.3) is 0 Å². The number of hydrogen-bond acceptors (Lipinski definition) is 2. The van der Waals surface area contributed by atoms with Crippen molar-refractivity contribution >= 4 is 11.6 Å². The van der Waals surface area contributed by atoms with E-state index in [0.29, 0.717) is 12.0 Å². The maximum atomic E-state index is 10.0. The summed E-state index contributed by atoms with van der Waals surface area (Å²) in [6.07, 6.45) is 5.46. The first kappa shape index (κ1) is 14.8. The van der Waals surface area contributed by atoms with Crippen LogP contribution in [0.25, 0.3) is 0 Å². The van der Waals surface area contributed by atoms with Gasteiger partial charge in [0.15, 0.2) is 0 Å². The quantitative estimate of drug-likeness (QED) is 0.857. The van der Waals surface area contributed by atoms with E-state index in [1.54, 1.807) is 0 Å². The van der Waals surface area contributed by atoms with Gasteiger partial charge in [0.1, 0.15) is 0 Å². The van der Waals surface area contributed by atoms with Crippen LogP contribution in [0.3, 0.4) is 0 Å². The van der Waals surface area contributed by atoms with E-state index in [4.69, 9.17) is 11.6 Å². The molecule has 1 fully saturated rings. The molecule has 1 aliphatic rings. The summed E-state index contributed by atoms with van der Waals surface area (Å²) in [7, 11) is 0. The molecule has 0 spiro atoms. The molecular formula is C16H24ClNO. The van der Waals surface area contributed by atoms with Gasteiger partial charge >= 0.3 is 0 Å². The van der Waals surface area contributed by atoms with Crippen LogP contribution in [0.2, 0.25) is 5.02 Å². The minimum atomic E-state index is -0.121. The minimum absolute atomic E-state index is 0.121. The number of nitrogens with one attached hydrogen (secondary N) is 1. The number of rotatable bonds is 5. The second kappa shape index (κ2) is 7.28. The van der Waals surface area contributed by atoms with Crippen molar-refractivity contribution in [2.24, 2.45) is 5.92 Å². The number of halogens is 1. The first-order valence-electron chi connectivity index (χ1n) is 7.37. The van der Waals surface area contributed by atoms with E-state index in [-0.39, 0.29) is 6.10 Å². The Hall–Kier alpha value is -0.570. The Morgan fingerprint density at radius 2 is 1.95 bits per heavy atom. The fourth-order valence-corrected chi connectivity index (χ4v) is 3.04. The minimum Gasteiger partial charge on any atom is -0.393 e. The van der Waals surface area contributed by atoms with Crippen LogP contribution in [-0.2, 0) is 0 Å². The second-order valence-electron chi connectivity index (χ2n) is 5.53. The van der Waals surface area contributed by atoms with Crippen molar-refractivity contribution in [3.8, 4) is 0 Å². The summed E-state index contributed by atoms with van der Waals surface area (Å²) >= 11 is 5.92. The zero-order valence-corrected chi connectivity index (χ0v) is 12.4. The van der Waals surface area contributed by atoms with Gasteiger partial charge in [-0.3, -0.25) is 0 Å². The maximum absolute atomic E-state index is 10.0. The molecule has 1 aromatic carbocycles. The third-order valence-electron chi connectivity index (χ3n) is 4.18. The first-order valence-corrected chi connectivity index (χ1v) is 7.75. The van der Waals surface area contributed by atoms with Crippen LogP contribution >= 0.6 is 11.6 Å². The number of hydrogen-bond donors (Lipinski definition) is 2. The van der Waals surface area contributed by atoms with Gasteiger partial charge in [-0.15, -0.1) is 0 Å². The van der Waals surface area contributed by atoms with Crippen molar-refractivity contribution < 1.29 is 5.11 Å². The highest BCUT2D eigenvalue weighted by molar-refractivity contribution is 6.30. The normalized spacial score (nSPS) is 25.2. The Kier molecular flexibility index (Phi) is 5.68. The molecule has 0 aromatic heterocycles. The number of aliphatic hydroxyl groups is 1. The first-order chi connectivity index (χ1) is 9.20. The summed E-state index contributed by atoms with van der Waals surface area (Å²) in [6, 6.07) is 8.40. The molecule has 19 heavy (non-hydrogen) atoms. The van der Waals surface area contributed by atoms with Crippen molar-refractivity contribution in [3.63, 3.8) is 0 Å². The SMILES string of the molecule is CCC(NCC1CCCCC1O)c1ccc(Cl)cc1. The van der Waals surface area contributed by atoms with Crippen molar-refractivity contribution in [3.05, 3.63) is 34.9 Å². The Labute approximate surface area is 121 Å². The number of benzene rings is 1. The predicted molar refractivity (Wildman–Crippen MR) is 80.5 cm³/mol. The molecule has 1 saturated carbocycles. The van der Waals surface area contributed by atoms with E-state index in [0.717, 1.165) is 30.8 Å². The second-order valence-corrected chi connectivity index (χ2v) is 5.97. The lowest BCUT2D eigenvalue weighted by molar-refractivity contribution is 0.0680. The summed E-state index contributed by atoms with van der Waals surface area (Å²) in [4.78, 5) is 0. The lowest BCUT2D eigenvalue weighted by atomic mass is 9.86. The van der Waals surface area contributed by atoms with E-state index in [9.17, 15) is 5.11 Å². The van der Waals surface area contributed by atoms with Crippen LogP contribution in [0.1, 0.15) is 50.6 Å². The van der Waals surface area contributed by atoms with Crippen LogP contribution in [0.5, 0.6) is 0 Å². The lowest BCUT2D eigenvalue weighted by Crippen LogP contribution is -2.35. The fraction of sp³-hybridized carbons (Fsp3) is 0.625. The highest BCUT2D eigenvalue weighted by atomic mass is 35.5. The molecule has 0 aliphatic heterocycles. The van der Waals surface area contributed by atoms with Crippen molar-refractivity contribution in [1.82, 2.24) is 5.32 Å². The van der Waals surface area contributed by atoms with Crippen molar-refractivity contribution in [1.29, 1.82) is 0 Å². The summed E-state index contributed by atoms with van der Waals surface area (Å²) in [5.74, 6) is 0.412. The standard InChI is InChI=1S/C16H24ClNO/c1-2-15(12-7-9-14(17)10-8-12)18-11-13-5-3-4-6-16(13)19/h7-10,13,15-16,18-19H,2-6,11H2,1H3. The average Bonchev–Trinajstić information content (AvgIpc) is 2.43. The fourth-order valence-electron chi connectivity index (χ4n) is 2.91. The Morgan fingerprint density at radius 3 is 2.58 bits per heavy atom. The van der Waals surface area contributed by atoms with Gasteiger partial charge in [0.2, 0.25) is 0 Å². The smallest absolute Gasteiger partial charge is 0.0580 e. The van der Waals surface area contributed by atoms with Crippen LogP contribution < -0.4 is 5.32 Å². The molecule has 0 heterocycles. The summed E-state index contributed by atoms with van der Waals surface area (Å²) < 4.78 is 0. The zero-order chi connectivity index (χ0) is 13.7. The molecular weight excluding hydrogens is 258 g/mol. The monoisotopic (exact) mass is 281 g/mol. The van der Waals surface area contributed by atoms with Crippen molar-refractivity contribution in [2.75, 3.05) is 6.54 Å². The van der Waals surface area contributed by atoms with Crippen molar-refractivity contribution in [2.45, 2.75) is 51.2 Å². The van der Waals surface area contributed by atoms with Crippen LogP contribution in [0.15, 0.2) is 24.3 Å². The van der Waals surface area contributed by atoms with E-state index >= 15 is 0 Å². The molecule has 0 amide bonds. The summed E-state index contributed by atoms with van der Waals surface area (Å²) in [6.45, 7) is 3.09. The van der Waals surface area contributed by atoms with Gasteiger partial charge in [-0.25, -0.2) is 0 Å². The molecule has 106 valence electrons. The highest BCUT2D eigenvalue weighted by Gasteiger charge is 2.23. The molecule has 2 nitrogen and oxygen atoms in total. The topological polar surface area (TPSA) is 32.3 Å². The molecule has 3 atom stereocenters. The van der Waals surface area contributed by atoms with Crippen LogP contribution in [0.4, 0.5) is 0 Å². The van der Waals surface area contributed by atoms with E-state index in [1.807, 2.05) is 12.1 Å². The summed E-state index contributed by atoms with van der Waals surface area (Å²) in [5.41, 5.74) is 1.28. The van der Waals surface area contributed by atoms with E-state index < -0.39 is 0 Å². The molecule has 0 radical (unpaired) electrons. The molecule has 3 unspecified atom stereocenters. The zero-order valence-electron chi connectivity index (χ0n) is 11.6.